The van der Waals surface area contributed by atoms with Crippen LogP contribution in [0.5, 0.6) is 5.75 Å². The van der Waals surface area contributed by atoms with Crippen molar-refractivity contribution in [3.8, 4) is 5.75 Å². The third-order valence-electron chi connectivity index (χ3n) is 3.43. The highest BCUT2D eigenvalue weighted by Crippen LogP contribution is 2.23. The molecule has 0 saturated carbocycles. The second-order valence-electron chi connectivity index (χ2n) is 5.12. The number of amides is 1. The van der Waals surface area contributed by atoms with Gasteiger partial charge in [0.2, 0.25) is 0 Å². The van der Waals surface area contributed by atoms with Crippen molar-refractivity contribution in [2.45, 2.75) is 13.0 Å². The van der Waals surface area contributed by atoms with Gasteiger partial charge in [-0.15, -0.1) is 0 Å². The van der Waals surface area contributed by atoms with E-state index in [1.807, 2.05) is 24.3 Å². The van der Waals surface area contributed by atoms with Gasteiger partial charge in [0.05, 0.1) is 17.1 Å². The molecule has 7 heteroatoms. The van der Waals surface area contributed by atoms with E-state index in [1.54, 1.807) is 6.92 Å². The van der Waals surface area contributed by atoms with Crippen molar-refractivity contribution in [3.63, 3.8) is 0 Å². The minimum Gasteiger partial charge on any atom is -0.507 e. The number of hydrogen-bond donors (Lipinski definition) is 3. The Morgan fingerprint density at radius 2 is 2.04 bits per heavy atom. The molecule has 1 unspecified atom stereocenters. The summed E-state index contributed by atoms with van der Waals surface area (Å²) in [5, 5.41) is 12.1. The predicted molar refractivity (Wildman–Crippen MR) is 80.0 cm³/mol. The second kappa shape index (κ2) is 5.68. The van der Waals surface area contributed by atoms with Crippen LogP contribution in [0, 0.1) is 11.6 Å². The van der Waals surface area contributed by atoms with Gasteiger partial charge in [-0.1, -0.05) is 12.1 Å². The summed E-state index contributed by atoms with van der Waals surface area (Å²) in [4.78, 5) is 19.5. The van der Waals surface area contributed by atoms with Crippen LogP contribution in [0.25, 0.3) is 11.0 Å². The van der Waals surface area contributed by atoms with E-state index in [9.17, 15) is 18.7 Å². The number of phenols is 1. The van der Waals surface area contributed by atoms with Gasteiger partial charge in [0, 0.05) is 12.1 Å². The fourth-order valence-corrected chi connectivity index (χ4v) is 2.30. The topological polar surface area (TPSA) is 78.0 Å². The van der Waals surface area contributed by atoms with Crippen molar-refractivity contribution in [1.82, 2.24) is 15.3 Å². The molecule has 1 aromatic heterocycles. The monoisotopic (exact) mass is 317 g/mol. The molecule has 0 fully saturated rings. The van der Waals surface area contributed by atoms with Gasteiger partial charge >= 0.3 is 0 Å². The summed E-state index contributed by atoms with van der Waals surface area (Å²) in [5.74, 6) is -3.20. The van der Waals surface area contributed by atoms with Crippen molar-refractivity contribution in [3.05, 3.63) is 59.4 Å². The van der Waals surface area contributed by atoms with Gasteiger partial charge in [0.25, 0.3) is 5.91 Å². The van der Waals surface area contributed by atoms with Crippen molar-refractivity contribution in [2.24, 2.45) is 0 Å². The van der Waals surface area contributed by atoms with E-state index >= 15 is 0 Å². The zero-order valence-electron chi connectivity index (χ0n) is 12.1. The van der Waals surface area contributed by atoms with Gasteiger partial charge in [-0.3, -0.25) is 4.79 Å². The Labute approximate surface area is 130 Å². The number of rotatable bonds is 3. The molecule has 1 amide bonds. The Hall–Kier alpha value is -2.96. The number of benzene rings is 2. The second-order valence-corrected chi connectivity index (χ2v) is 5.12. The fourth-order valence-electron chi connectivity index (χ4n) is 2.30. The van der Waals surface area contributed by atoms with Crippen LogP contribution in [0.2, 0.25) is 0 Å². The lowest BCUT2D eigenvalue weighted by atomic mass is 10.1. The number of halogens is 2. The molecule has 0 radical (unpaired) electrons. The van der Waals surface area contributed by atoms with E-state index in [0.717, 1.165) is 11.0 Å². The van der Waals surface area contributed by atoms with Gasteiger partial charge in [-0.25, -0.2) is 13.8 Å². The number of carbonyl (C=O) groups excluding carboxylic acids is 1. The van der Waals surface area contributed by atoms with E-state index in [1.165, 1.54) is 0 Å². The van der Waals surface area contributed by atoms with Crippen LogP contribution < -0.4 is 5.32 Å². The highest BCUT2D eigenvalue weighted by molar-refractivity contribution is 5.97. The van der Waals surface area contributed by atoms with Crippen LogP contribution in [0.3, 0.4) is 0 Å². The normalized spacial score (nSPS) is 12.3. The molecule has 0 aliphatic carbocycles. The summed E-state index contributed by atoms with van der Waals surface area (Å²) in [6.45, 7) is 1.66. The Kier molecular flexibility index (Phi) is 3.69. The molecule has 3 N–H and O–H groups in total. The number of para-hydroxylation sites is 2. The van der Waals surface area contributed by atoms with E-state index in [4.69, 9.17) is 0 Å². The molecule has 3 rings (SSSR count). The lowest BCUT2D eigenvalue weighted by molar-refractivity contribution is 0.0931. The van der Waals surface area contributed by atoms with E-state index < -0.39 is 34.9 Å². The zero-order chi connectivity index (χ0) is 16.6. The molecule has 0 spiro atoms. The third kappa shape index (κ3) is 2.85. The first-order chi connectivity index (χ1) is 11.0. The van der Waals surface area contributed by atoms with E-state index in [2.05, 4.69) is 15.3 Å². The highest BCUT2D eigenvalue weighted by atomic mass is 19.1. The van der Waals surface area contributed by atoms with Crippen LogP contribution in [0.4, 0.5) is 8.78 Å². The van der Waals surface area contributed by atoms with Crippen LogP contribution >= 0.6 is 0 Å². The number of nitrogens with one attached hydrogen (secondary N) is 2. The van der Waals surface area contributed by atoms with Crippen LogP contribution in [-0.2, 0) is 0 Å². The molecule has 2 aromatic carbocycles. The molecule has 0 bridgehead atoms. The minimum atomic E-state index is -1.13. The fraction of sp³-hybridized carbons (Fsp3) is 0.125. The Balaban J connectivity index is 1.85. The smallest absolute Gasteiger partial charge is 0.258 e. The molecule has 5 nitrogen and oxygen atoms in total. The number of imidazole rings is 1. The quantitative estimate of drug-likeness (QED) is 0.695. The van der Waals surface area contributed by atoms with Crippen LogP contribution in [-0.4, -0.2) is 21.0 Å². The summed E-state index contributed by atoms with van der Waals surface area (Å²) in [7, 11) is 0. The maximum Gasteiger partial charge on any atom is 0.258 e. The number of carbonyl (C=O) groups is 1. The summed E-state index contributed by atoms with van der Waals surface area (Å²) < 4.78 is 26.7. The van der Waals surface area contributed by atoms with E-state index in [-0.39, 0.29) is 0 Å². The van der Waals surface area contributed by atoms with Crippen molar-refractivity contribution in [2.75, 3.05) is 0 Å². The molecule has 23 heavy (non-hydrogen) atoms. The maximum absolute atomic E-state index is 13.7. The number of nitrogens with zero attached hydrogens (tertiary/aromatic N) is 1. The van der Waals surface area contributed by atoms with Crippen molar-refractivity contribution < 1.29 is 18.7 Å². The lowest BCUT2D eigenvalue weighted by Gasteiger charge is -2.12. The standard InChI is InChI=1S/C16H13F2N3O2/c1-8(15-20-11-4-2-3-5-12(11)21-15)19-16(23)14-10(18)6-9(17)7-13(14)22/h2-8,22H,1H3,(H,19,23)(H,20,21). The summed E-state index contributed by atoms with van der Waals surface area (Å²) in [5.41, 5.74) is 0.938. The highest BCUT2D eigenvalue weighted by Gasteiger charge is 2.21. The third-order valence-corrected chi connectivity index (χ3v) is 3.43. The average molecular weight is 317 g/mol. The first kappa shape index (κ1) is 15.0. The van der Waals surface area contributed by atoms with Gasteiger partial charge in [-0.05, 0) is 19.1 Å². The number of H-pyrrole nitrogens is 1. The molecular weight excluding hydrogens is 304 g/mol. The van der Waals surface area contributed by atoms with Crippen molar-refractivity contribution >= 4 is 16.9 Å². The van der Waals surface area contributed by atoms with Crippen LogP contribution in [0.15, 0.2) is 36.4 Å². The van der Waals surface area contributed by atoms with Gasteiger partial charge in [0.1, 0.15) is 28.8 Å². The molecule has 0 saturated heterocycles. The number of aromatic amines is 1. The van der Waals surface area contributed by atoms with Gasteiger partial charge in [0.15, 0.2) is 0 Å². The molecule has 0 aliphatic rings. The SMILES string of the molecule is CC(NC(=O)c1c(O)cc(F)cc1F)c1nc2ccccc2[nH]1. The molecule has 0 aliphatic heterocycles. The molecule has 1 atom stereocenters. The molecule has 118 valence electrons. The average Bonchev–Trinajstić information content (AvgIpc) is 2.90. The van der Waals surface area contributed by atoms with E-state index in [0.29, 0.717) is 18.0 Å². The minimum absolute atomic E-state index is 0.488. The predicted octanol–water partition coefficient (Wildman–Crippen LogP) is 3.04. The summed E-state index contributed by atoms with van der Waals surface area (Å²) in [6, 6.07) is 8.01. The zero-order valence-corrected chi connectivity index (χ0v) is 12.1. The first-order valence-electron chi connectivity index (χ1n) is 6.89. The summed E-state index contributed by atoms with van der Waals surface area (Å²) >= 11 is 0. The number of fused-ring (bicyclic) bond motifs is 1. The number of aromatic nitrogens is 2. The molecule has 1 heterocycles. The van der Waals surface area contributed by atoms with Crippen molar-refractivity contribution in [1.29, 1.82) is 0 Å². The molecule has 3 aromatic rings. The number of aromatic hydroxyl groups is 1. The maximum atomic E-state index is 13.7. The molecular formula is C16H13F2N3O2. The lowest BCUT2D eigenvalue weighted by Crippen LogP contribution is -2.28. The Bertz CT molecular complexity index is 836. The Morgan fingerprint density at radius 3 is 2.74 bits per heavy atom. The Morgan fingerprint density at radius 1 is 1.30 bits per heavy atom. The number of phenolic OH excluding ortho intramolecular Hbond substituents is 1. The van der Waals surface area contributed by atoms with Crippen LogP contribution in [0.1, 0.15) is 29.1 Å². The first-order valence-corrected chi connectivity index (χ1v) is 6.89. The number of hydrogen-bond acceptors (Lipinski definition) is 3. The summed E-state index contributed by atoms with van der Waals surface area (Å²) in [6.07, 6.45) is 0. The largest absolute Gasteiger partial charge is 0.507 e. The van der Waals surface area contributed by atoms with Gasteiger partial charge < -0.3 is 15.4 Å². The van der Waals surface area contributed by atoms with Gasteiger partial charge in [-0.2, -0.15) is 0 Å².